The first-order valence-electron chi connectivity index (χ1n) is 6.39. The van der Waals surface area contributed by atoms with Gasteiger partial charge in [-0.05, 0) is 18.8 Å². The smallest absolute Gasteiger partial charge is 0.316 e. The van der Waals surface area contributed by atoms with E-state index in [4.69, 9.17) is 0 Å². The van der Waals surface area contributed by atoms with Crippen LogP contribution in [0.25, 0.3) is 0 Å². The third kappa shape index (κ3) is 4.24. The molecule has 4 heteroatoms. The minimum absolute atomic E-state index is 0.00880. The van der Waals surface area contributed by atoms with Gasteiger partial charge in [0.15, 0.2) is 5.78 Å². The van der Waals surface area contributed by atoms with Crippen LogP contribution in [0, 0.1) is 17.3 Å². The van der Waals surface area contributed by atoms with Gasteiger partial charge in [0.1, 0.15) is 11.7 Å². The van der Waals surface area contributed by atoms with E-state index in [-0.39, 0.29) is 18.0 Å². The van der Waals surface area contributed by atoms with E-state index < -0.39 is 17.3 Å². The maximum atomic E-state index is 12.1. The minimum atomic E-state index is -0.943. The lowest BCUT2D eigenvalue weighted by Gasteiger charge is -2.22. The lowest BCUT2D eigenvalue weighted by molar-refractivity contribution is -0.153. The van der Waals surface area contributed by atoms with E-state index in [2.05, 4.69) is 4.74 Å². The molecule has 1 unspecified atom stereocenters. The number of Topliss-reactive ketones (excluding diaryl/α,β-unsaturated/α-hetero) is 2. The van der Waals surface area contributed by atoms with Gasteiger partial charge >= 0.3 is 5.97 Å². The molecular weight excluding hydrogens is 232 g/mol. The molecule has 18 heavy (non-hydrogen) atoms. The van der Waals surface area contributed by atoms with Crippen LogP contribution in [0.15, 0.2) is 0 Å². The Morgan fingerprint density at radius 2 is 1.78 bits per heavy atom. The van der Waals surface area contributed by atoms with E-state index in [1.54, 1.807) is 20.8 Å². The van der Waals surface area contributed by atoms with Gasteiger partial charge in [0.05, 0.1) is 7.11 Å². The molecule has 0 aromatic rings. The van der Waals surface area contributed by atoms with Gasteiger partial charge in [0, 0.05) is 18.3 Å². The lowest BCUT2D eigenvalue weighted by Crippen LogP contribution is -2.35. The van der Waals surface area contributed by atoms with Crippen LogP contribution in [-0.4, -0.2) is 24.6 Å². The Morgan fingerprint density at radius 1 is 1.22 bits per heavy atom. The number of carbonyl (C=O) groups excluding carboxylic acids is 3. The Kier molecular flexibility index (Phi) is 4.65. The van der Waals surface area contributed by atoms with Crippen LogP contribution in [-0.2, 0) is 19.1 Å². The number of hydrogen-bond acceptors (Lipinski definition) is 4. The standard InChI is InChI=1S/C14H22O4/c1-14(2,3)12(16)11(13(17)18-4)8-10(15)7-9-5-6-9/h9,11H,5-8H2,1-4H3. The summed E-state index contributed by atoms with van der Waals surface area (Å²) in [4.78, 5) is 35.6. The molecule has 0 spiro atoms. The summed E-state index contributed by atoms with van der Waals surface area (Å²) in [7, 11) is 1.25. The SMILES string of the molecule is COC(=O)C(CC(=O)CC1CC1)C(=O)C(C)(C)C. The molecule has 1 saturated carbocycles. The van der Waals surface area contributed by atoms with Crippen molar-refractivity contribution < 1.29 is 19.1 Å². The Hall–Kier alpha value is -1.19. The first-order chi connectivity index (χ1) is 8.25. The van der Waals surface area contributed by atoms with Gasteiger partial charge in [-0.15, -0.1) is 0 Å². The predicted octanol–water partition coefficient (Wildman–Crippen LogP) is 2.15. The maximum Gasteiger partial charge on any atom is 0.316 e. The van der Waals surface area contributed by atoms with E-state index >= 15 is 0 Å². The Balaban J connectivity index is 2.68. The van der Waals surface area contributed by atoms with Gasteiger partial charge in [0.25, 0.3) is 0 Å². The second kappa shape index (κ2) is 5.63. The van der Waals surface area contributed by atoms with Gasteiger partial charge in [-0.25, -0.2) is 0 Å². The van der Waals surface area contributed by atoms with Crippen LogP contribution in [0.1, 0.15) is 46.5 Å². The number of ketones is 2. The van der Waals surface area contributed by atoms with Crippen LogP contribution < -0.4 is 0 Å². The Bertz CT molecular complexity index is 347. The van der Waals surface area contributed by atoms with Crippen molar-refractivity contribution in [1.29, 1.82) is 0 Å². The molecule has 0 aromatic heterocycles. The van der Waals surface area contributed by atoms with E-state index in [0.717, 1.165) is 12.8 Å². The van der Waals surface area contributed by atoms with Gasteiger partial charge < -0.3 is 4.74 Å². The molecule has 0 radical (unpaired) electrons. The number of methoxy groups -OCH3 is 1. The van der Waals surface area contributed by atoms with Crippen LogP contribution in [0.3, 0.4) is 0 Å². The third-order valence-electron chi connectivity index (χ3n) is 3.19. The van der Waals surface area contributed by atoms with Crippen LogP contribution >= 0.6 is 0 Å². The summed E-state index contributed by atoms with van der Waals surface area (Å²) in [5.41, 5.74) is -0.640. The monoisotopic (exact) mass is 254 g/mol. The molecule has 1 rings (SSSR count). The van der Waals surface area contributed by atoms with Crippen molar-refractivity contribution in [2.24, 2.45) is 17.3 Å². The molecule has 0 N–H and O–H groups in total. The fourth-order valence-corrected chi connectivity index (χ4v) is 1.90. The molecule has 0 heterocycles. The molecule has 1 fully saturated rings. The van der Waals surface area contributed by atoms with Gasteiger partial charge in [-0.3, -0.25) is 14.4 Å². The van der Waals surface area contributed by atoms with Gasteiger partial charge in [0.2, 0.25) is 0 Å². The molecule has 0 saturated heterocycles. The number of carbonyl (C=O) groups is 3. The summed E-state index contributed by atoms with van der Waals surface area (Å²) in [6.45, 7) is 5.24. The number of ether oxygens (including phenoxy) is 1. The van der Waals surface area contributed by atoms with E-state index in [9.17, 15) is 14.4 Å². The zero-order valence-corrected chi connectivity index (χ0v) is 11.6. The number of rotatable bonds is 6. The Labute approximate surface area is 108 Å². The summed E-state index contributed by atoms with van der Waals surface area (Å²) in [5, 5.41) is 0. The molecule has 4 nitrogen and oxygen atoms in total. The van der Waals surface area contributed by atoms with Crippen LogP contribution in [0.4, 0.5) is 0 Å². The third-order valence-corrected chi connectivity index (χ3v) is 3.19. The van der Waals surface area contributed by atoms with Crippen LogP contribution in [0.5, 0.6) is 0 Å². The zero-order chi connectivity index (χ0) is 13.9. The molecule has 102 valence electrons. The fraction of sp³-hybridized carbons (Fsp3) is 0.786. The van der Waals surface area contributed by atoms with Crippen molar-refractivity contribution in [3.05, 3.63) is 0 Å². The predicted molar refractivity (Wildman–Crippen MR) is 66.9 cm³/mol. The van der Waals surface area contributed by atoms with Crippen molar-refractivity contribution in [2.45, 2.75) is 46.5 Å². The van der Waals surface area contributed by atoms with Crippen molar-refractivity contribution in [3.8, 4) is 0 Å². The highest BCUT2D eigenvalue weighted by Gasteiger charge is 2.37. The van der Waals surface area contributed by atoms with E-state index in [1.165, 1.54) is 7.11 Å². The summed E-state index contributed by atoms with van der Waals surface area (Å²) >= 11 is 0. The summed E-state index contributed by atoms with van der Waals surface area (Å²) in [6.07, 6.45) is 2.65. The van der Waals surface area contributed by atoms with Crippen molar-refractivity contribution in [1.82, 2.24) is 0 Å². The maximum absolute atomic E-state index is 12.1. The zero-order valence-electron chi connectivity index (χ0n) is 11.6. The van der Waals surface area contributed by atoms with E-state index in [0.29, 0.717) is 12.3 Å². The van der Waals surface area contributed by atoms with Crippen molar-refractivity contribution >= 4 is 17.5 Å². The fourth-order valence-electron chi connectivity index (χ4n) is 1.90. The molecule has 0 aromatic carbocycles. The highest BCUT2D eigenvalue weighted by atomic mass is 16.5. The number of esters is 1. The quantitative estimate of drug-likeness (QED) is 0.538. The molecular formula is C14H22O4. The number of hydrogen-bond donors (Lipinski definition) is 0. The first kappa shape index (κ1) is 14.9. The molecule has 1 aliphatic rings. The topological polar surface area (TPSA) is 60.4 Å². The van der Waals surface area contributed by atoms with Gasteiger partial charge in [-0.2, -0.15) is 0 Å². The molecule has 1 aliphatic carbocycles. The lowest BCUT2D eigenvalue weighted by atomic mass is 9.80. The second-order valence-corrected chi connectivity index (χ2v) is 6.08. The normalized spacial score (nSPS) is 17.1. The molecule has 0 aliphatic heterocycles. The first-order valence-corrected chi connectivity index (χ1v) is 6.39. The molecule has 0 amide bonds. The average molecular weight is 254 g/mol. The largest absolute Gasteiger partial charge is 0.468 e. The Morgan fingerprint density at radius 3 is 2.17 bits per heavy atom. The van der Waals surface area contributed by atoms with Gasteiger partial charge in [-0.1, -0.05) is 20.8 Å². The highest BCUT2D eigenvalue weighted by Crippen LogP contribution is 2.34. The molecule has 1 atom stereocenters. The molecule has 0 bridgehead atoms. The van der Waals surface area contributed by atoms with Crippen LogP contribution in [0.2, 0.25) is 0 Å². The summed E-state index contributed by atoms with van der Waals surface area (Å²) in [5.74, 6) is -1.30. The minimum Gasteiger partial charge on any atom is -0.468 e. The van der Waals surface area contributed by atoms with Crippen molar-refractivity contribution in [2.75, 3.05) is 7.11 Å². The highest BCUT2D eigenvalue weighted by molar-refractivity contribution is 6.04. The average Bonchev–Trinajstić information content (AvgIpc) is 3.06. The van der Waals surface area contributed by atoms with Crippen molar-refractivity contribution in [3.63, 3.8) is 0 Å². The summed E-state index contributed by atoms with van der Waals surface area (Å²) < 4.78 is 4.64. The second-order valence-electron chi connectivity index (χ2n) is 6.08. The summed E-state index contributed by atoms with van der Waals surface area (Å²) in [6, 6.07) is 0. The van der Waals surface area contributed by atoms with E-state index in [1.807, 2.05) is 0 Å².